The fourth-order valence-electron chi connectivity index (χ4n) is 3.02. The molecule has 3 heterocycles. The van der Waals surface area contributed by atoms with Crippen LogP contribution in [0.5, 0.6) is 5.88 Å². The van der Waals surface area contributed by atoms with E-state index in [9.17, 15) is 0 Å². The van der Waals surface area contributed by atoms with E-state index in [1.54, 1.807) is 48.7 Å². The number of aromatic nitrogens is 5. The van der Waals surface area contributed by atoms with Crippen LogP contribution in [0.3, 0.4) is 0 Å². The first kappa shape index (κ1) is 19.5. The van der Waals surface area contributed by atoms with E-state index >= 15 is 0 Å². The van der Waals surface area contributed by atoms with Crippen LogP contribution in [0, 0.1) is 10.8 Å². The molecular formula is C20H17ClN8O. The molecule has 0 fully saturated rings. The van der Waals surface area contributed by atoms with Gasteiger partial charge < -0.3 is 9.64 Å². The van der Waals surface area contributed by atoms with Crippen molar-refractivity contribution in [2.75, 3.05) is 19.1 Å². The Kier molecular flexibility index (Phi) is 5.11. The van der Waals surface area contributed by atoms with Gasteiger partial charge in [-0.1, -0.05) is 11.6 Å². The van der Waals surface area contributed by atoms with Crippen molar-refractivity contribution in [2.24, 2.45) is 0 Å². The second-order valence-corrected chi connectivity index (χ2v) is 6.74. The molecule has 0 aliphatic carbocycles. The van der Waals surface area contributed by atoms with Gasteiger partial charge in [-0.15, -0.1) is 0 Å². The van der Waals surface area contributed by atoms with E-state index in [2.05, 4.69) is 19.9 Å². The number of fused-ring (bicyclic) bond motifs is 1. The second kappa shape index (κ2) is 7.88. The zero-order valence-electron chi connectivity index (χ0n) is 16.2. The van der Waals surface area contributed by atoms with Crippen molar-refractivity contribution in [3.8, 4) is 17.3 Å². The van der Waals surface area contributed by atoms with E-state index in [-0.39, 0.29) is 5.62 Å². The summed E-state index contributed by atoms with van der Waals surface area (Å²) in [5, 5.41) is 17.1. The highest BCUT2D eigenvalue weighted by molar-refractivity contribution is 6.31. The summed E-state index contributed by atoms with van der Waals surface area (Å²) in [4.78, 5) is 19.3. The number of hydrogen-bond acceptors (Lipinski definition) is 8. The lowest BCUT2D eigenvalue weighted by atomic mass is 10.2. The summed E-state index contributed by atoms with van der Waals surface area (Å²) in [5.41, 5.74) is 1.26. The number of anilines is 2. The Hall–Kier alpha value is -3.85. The Labute approximate surface area is 176 Å². The molecular weight excluding hydrogens is 404 g/mol. The quantitative estimate of drug-likeness (QED) is 0.378. The molecule has 0 radical (unpaired) electrons. The van der Waals surface area contributed by atoms with Crippen LogP contribution in [0.4, 0.5) is 11.6 Å². The maximum atomic E-state index is 8.21. The van der Waals surface area contributed by atoms with Crippen LogP contribution in [0.2, 0.25) is 5.02 Å². The average Bonchev–Trinajstić information content (AvgIpc) is 2.78. The third-order valence-corrected chi connectivity index (χ3v) is 4.77. The number of pyridine rings is 1. The van der Waals surface area contributed by atoms with E-state index < -0.39 is 0 Å². The SMILES string of the molecule is COc1ccc(-c2nccc(N(C)c3nc(=N)n(C=N)c4cc(Cl)ccc34)n2)cn1. The predicted octanol–water partition coefficient (Wildman–Crippen LogP) is 3.25. The van der Waals surface area contributed by atoms with Crippen LogP contribution in [0.1, 0.15) is 0 Å². The summed E-state index contributed by atoms with van der Waals surface area (Å²) in [6.07, 6.45) is 4.34. The summed E-state index contributed by atoms with van der Waals surface area (Å²) < 4.78 is 6.44. The number of benzene rings is 1. The summed E-state index contributed by atoms with van der Waals surface area (Å²) >= 11 is 6.14. The summed E-state index contributed by atoms with van der Waals surface area (Å²) in [7, 11) is 3.37. The minimum absolute atomic E-state index is 0.0877. The normalized spacial score (nSPS) is 10.8. The molecule has 9 nitrogen and oxygen atoms in total. The summed E-state index contributed by atoms with van der Waals surface area (Å²) in [5.74, 6) is 2.11. The molecule has 30 heavy (non-hydrogen) atoms. The van der Waals surface area contributed by atoms with Gasteiger partial charge in [-0.3, -0.25) is 15.4 Å². The van der Waals surface area contributed by atoms with Gasteiger partial charge in [0.25, 0.3) is 0 Å². The molecule has 1 aromatic carbocycles. The van der Waals surface area contributed by atoms with Crippen molar-refractivity contribution in [1.82, 2.24) is 24.5 Å². The lowest BCUT2D eigenvalue weighted by Crippen LogP contribution is -2.26. The van der Waals surface area contributed by atoms with Gasteiger partial charge in [0.15, 0.2) is 5.82 Å². The van der Waals surface area contributed by atoms with E-state index in [1.165, 1.54) is 4.57 Å². The number of rotatable bonds is 5. The number of ether oxygens (including phenoxy) is 1. The number of hydrogen-bond donors (Lipinski definition) is 2. The van der Waals surface area contributed by atoms with Gasteiger partial charge in [0.2, 0.25) is 11.5 Å². The van der Waals surface area contributed by atoms with Crippen LogP contribution in [0.15, 0.2) is 48.8 Å². The van der Waals surface area contributed by atoms with Crippen LogP contribution in [-0.4, -0.2) is 45.0 Å². The molecule has 0 saturated carbocycles. The molecule has 2 N–H and O–H groups in total. The number of nitrogens with one attached hydrogen (secondary N) is 2. The molecule has 150 valence electrons. The molecule has 0 atom stereocenters. The van der Waals surface area contributed by atoms with Crippen molar-refractivity contribution in [3.63, 3.8) is 0 Å². The van der Waals surface area contributed by atoms with Crippen LogP contribution < -0.4 is 15.3 Å². The van der Waals surface area contributed by atoms with Crippen molar-refractivity contribution >= 4 is 40.5 Å². The molecule has 4 rings (SSSR count). The third kappa shape index (κ3) is 3.46. The maximum absolute atomic E-state index is 8.21. The highest BCUT2D eigenvalue weighted by Crippen LogP contribution is 2.29. The lowest BCUT2D eigenvalue weighted by molar-refractivity contribution is 0.398. The largest absolute Gasteiger partial charge is 0.481 e. The molecule has 10 heteroatoms. The molecule has 3 aromatic heterocycles. The minimum atomic E-state index is -0.0877. The summed E-state index contributed by atoms with van der Waals surface area (Å²) in [6, 6.07) is 10.6. The van der Waals surface area contributed by atoms with Crippen molar-refractivity contribution in [2.45, 2.75) is 0 Å². The Bertz CT molecular complexity index is 1300. The first-order valence-electron chi connectivity index (χ1n) is 8.86. The zero-order chi connectivity index (χ0) is 21.3. The average molecular weight is 421 g/mol. The molecule has 0 aliphatic rings. The Morgan fingerprint density at radius 2 is 1.97 bits per heavy atom. The minimum Gasteiger partial charge on any atom is -0.481 e. The van der Waals surface area contributed by atoms with E-state index in [1.807, 2.05) is 19.2 Å². The fraction of sp³-hybridized carbons (Fsp3) is 0.100. The van der Waals surface area contributed by atoms with Gasteiger partial charge in [-0.05, 0) is 30.3 Å². The van der Waals surface area contributed by atoms with E-state index in [0.717, 1.165) is 17.3 Å². The molecule has 0 aliphatic heterocycles. The molecule has 0 saturated heterocycles. The topological polar surface area (TPSA) is 117 Å². The molecule has 0 bridgehead atoms. The van der Waals surface area contributed by atoms with Crippen molar-refractivity contribution < 1.29 is 4.74 Å². The van der Waals surface area contributed by atoms with Gasteiger partial charge in [-0.25, -0.2) is 15.0 Å². The first-order valence-corrected chi connectivity index (χ1v) is 9.24. The standard InChI is InChI=1S/C20H17ClN8O/c1-28(16-7-8-24-18(26-16)12-3-6-17(30-2)25-10-12)19-14-5-4-13(21)9-15(14)29(11-22)20(23)27-19/h3-11,22-23H,1-2H3. The highest BCUT2D eigenvalue weighted by Gasteiger charge is 2.16. The monoisotopic (exact) mass is 420 g/mol. The summed E-state index contributed by atoms with van der Waals surface area (Å²) in [6.45, 7) is 0. The van der Waals surface area contributed by atoms with E-state index in [4.69, 9.17) is 27.2 Å². The van der Waals surface area contributed by atoms with Crippen molar-refractivity contribution in [1.29, 1.82) is 10.8 Å². The molecule has 4 aromatic rings. The van der Waals surface area contributed by atoms with E-state index in [0.29, 0.717) is 33.9 Å². The van der Waals surface area contributed by atoms with Gasteiger partial charge in [0.05, 0.1) is 19.0 Å². The molecule has 0 amide bonds. The van der Waals surface area contributed by atoms with Gasteiger partial charge in [0.1, 0.15) is 11.6 Å². The van der Waals surface area contributed by atoms with Gasteiger partial charge in [-0.2, -0.15) is 4.98 Å². The Morgan fingerprint density at radius 3 is 2.67 bits per heavy atom. The van der Waals surface area contributed by atoms with Gasteiger partial charge >= 0.3 is 0 Å². The molecule has 0 spiro atoms. The zero-order valence-corrected chi connectivity index (χ0v) is 16.9. The maximum Gasteiger partial charge on any atom is 0.229 e. The number of methoxy groups -OCH3 is 1. The lowest BCUT2D eigenvalue weighted by Gasteiger charge is -2.20. The smallest absolute Gasteiger partial charge is 0.229 e. The van der Waals surface area contributed by atoms with Crippen LogP contribution in [0.25, 0.3) is 22.3 Å². The predicted molar refractivity (Wildman–Crippen MR) is 115 cm³/mol. The second-order valence-electron chi connectivity index (χ2n) is 6.31. The number of nitrogens with zero attached hydrogens (tertiary/aromatic N) is 6. The first-order chi connectivity index (χ1) is 14.5. The van der Waals surface area contributed by atoms with Crippen LogP contribution >= 0.6 is 11.6 Å². The fourth-order valence-corrected chi connectivity index (χ4v) is 3.19. The number of halogens is 1. The Balaban J connectivity index is 1.82. The Morgan fingerprint density at radius 1 is 1.13 bits per heavy atom. The van der Waals surface area contributed by atoms with Crippen LogP contribution in [-0.2, 0) is 0 Å². The van der Waals surface area contributed by atoms with Crippen molar-refractivity contribution in [3.05, 3.63) is 59.4 Å². The van der Waals surface area contributed by atoms with Gasteiger partial charge in [0, 0.05) is 41.5 Å². The third-order valence-electron chi connectivity index (χ3n) is 4.54. The molecule has 0 unspecified atom stereocenters. The highest BCUT2D eigenvalue weighted by atomic mass is 35.5.